The summed E-state index contributed by atoms with van der Waals surface area (Å²) in [4.78, 5) is 59.9. The highest BCUT2D eigenvalue weighted by Gasteiger charge is 2.43. The zero-order valence-electron chi connectivity index (χ0n) is 16.0. The van der Waals surface area contributed by atoms with Gasteiger partial charge in [0.25, 0.3) is 11.8 Å². The molecule has 0 fully saturated rings. The van der Waals surface area contributed by atoms with Crippen molar-refractivity contribution in [2.24, 2.45) is 5.18 Å². The summed E-state index contributed by atoms with van der Waals surface area (Å²) in [5, 5.41) is 2.72. The Morgan fingerprint density at radius 3 is 2.17 bits per heavy atom. The van der Waals surface area contributed by atoms with Crippen molar-refractivity contribution < 1.29 is 28.7 Å². The molecule has 30 heavy (non-hydrogen) atoms. The maximum Gasteiger partial charge on any atom is 0.329 e. The molecule has 0 saturated heterocycles. The number of amides is 2. The highest BCUT2D eigenvalue weighted by atomic mass is 16.5. The van der Waals surface area contributed by atoms with Gasteiger partial charge in [-0.15, -0.1) is 4.91 Å². The highest BCUT2D eigenvalue weighted by Crippen LogP contribution is 2.26. The van der Waals surface area contributed by atoms with Crippen LogP contribution in [0.2, 0.25) is 0 Å². The van der Waals surface area contributed by atoms with Gasteiger partial charge in [-0.2, -0.15) is 0 Å². The smallest absolute Gasteiger partial charge is 0.329 e. The first kappa shape index (κ1) is 20.8. The minimum absolute atomic E-state index is 0.00948. The number of benzene rings is 2. The molecule has 1 aliphatic heterocycles. The number of rotatable bonds is 9. The topological polar surface area (TPSA) is 119 Å². The number of carbonyl (C=O) groups is 4. The molecule has 2 aromatic carbocycles. The Morgan fingerprint density at radius 2 is 1.67 bits per heavy atom. The first-order valence-electron chi connectivity index (χ1n) is 9.07. The van der Waals surface area contributed by atoms with Crippen molar-refractivity contribution in [3.63, 3.8) is 0 Å². The summed E-state index contributed by atoms with van der Waals surface area (Å²) in [6.07, 6.45) is 0.457. The number of methoxy groups -OCH3 is 1. The van der Waals surface area contributed by atoms with E-state index in [1.165, 1.54) is 31.4 Å². The van der Waals surface area contributed by atoms with E-state index in [-0.39, 0.29) is 24.2 Å². The summed E-state index contributed by atoms with van der Waals surface area (Å²) in [6.45, 7) is 0.00948. The summed E-state index contributed by atoms with van der Waals surface area (Å²) < 4.78 is 10.4. The lowest BCUT2D eigenvalue weighted by Gasteiger charge is -2.24. The van der Waals surface area contributed by atoms with E-state index in [0.29, 0.717) is 17.6 Å². The van der Waals surface area contributed by atoms with Crippen molar-refractivity contribution in [2.45, 2.75) is 18.5 Å². The highest BCUT2D eigenvalue weighted by molar-refractivity contribution is 6.22. The van der Waals surface area contributed by atoms with Crippen LogP contribution in [0.15, 0.2) is 53.7 Å². The first-order chi connectivity index (χ1) is 14.5. The molecule has 0 saturated carbocycles. The Balaban J connectivity index is 1.69. The van der Waals surface area contributed by atoms with Crippen LogP contribution in [0.4, 0.5) is 0 Å². The fourth-order valence-corrected chi connectivity index (χ4v) is 3.19. The van der Waals surface area contributed by atoms with Crippen LogP contribution in [0.25, 0.3) is 0 Å². The zero-order chi connectivity index (χ0) is 21.7. The van der Waals surface area contributed by atoms with E-state index in [4.69, 9.17) is 9.47 Å². The average Bonchev–Trinajstić information content (AvgIpc) is 3.03. The van der Waals surface area contributed by atoms with Crippen LogP contribution in [0, 0.1) is 4.91 Å². The molecule has 0 bridgehead atoms. The predicted molar refractivity (Wildman–Crippen MR) is 104 cm³/mol. The molecule has 0 spiro atoms. The summed E-state index contributed by atoms with van der Waals surface area (Å²) in [5.74, 6) is -1.43. The Hall–Kier alpha value is -3.88. The van der Waals surface area contributed by atoms with Gasteiger partial charge in [0.1, 0.15) is 11.8 Å². The molecule has 0 radical (unpaired) electrons. The fraction of sp³-hybridized carbons (Fsp3) is 0.238. The number of ether oxygens (including phenoxy) is 2. The molecule has 0 aliphatic carbocycles. The molecule has 2 atom stereocenters. The molecule has 0 aromatic heterocycles. The Bertz CT molecular complexity index is 944. The molecule has 154 valence electrons. The van der Waals surface area contributed by atoms with E-state index in [0.717, 1.165) is 4.90 Å². The summed E-state index contributed by atoms with van der Waals surface area (Å²) in [5.41, 5.74) is 0.897. The molecule has 1 aliphatic rings. The monoisotopic (exact) mass is 410 g/mol. The second kappa shape index (κ2) is 9.08. The van der Waals surface area contributed by atoms with Gasteiger partial charge in [0, 0.05) is 6.42 Å². The van der Waals surface area contributed by atoms with E-state index in [9.17, 15) is 24.1 Å². The lowest BCUT2D eigenvalue weighted by molar-refractivity contribution is -0.145. The lowest BCUT2D eigenvalue weighted by atomic mass is 10.1. The third kappa shape index (κ3) is 3.95. The molecule has 2 unspecified atom stereocenters. The maximum absolute atomic E-state index is 12.7. The second-order valence-electron chi connectivity index (χ2n) is 6.46. The van der Waals surface area contributed by atoms with Gasteiger partial charge < -0.3 is 14.3 Å². The van der Waals surface area contributed by atoms with Gasteiger partial charge in [0.05, 0.1) is 24.8 Å². The summed E-state index contributed by atoms with van der Waals surface area (Å²) in [7, 11) is 1.18. The number of hydrogen-bond donors (Lipinski definition) is 0. The van der Waals surface area contributed by atoms with Crippen LogP contribution in [-0.4, -0.2) is 48.7 Å². The zero-order valence-corrected chi connectivity index (χ0v) is 16.0. The van der Waals surface area contributed by atoms with E-state index in [1.807, 2.05) is 0 Å². The van der Waals surface area contributed by atoms with Gasteiger partial charge in [0.15, 0.2) is 12.3 Å². The van der Waals surface area contributed by atoms with Crippen molar-refractivity contribution >= 4 is 24.1 Å². The molecule has 1 heterocycles. The molecule has 2 amide bonds. The number of imide groups is 1. The third-order valence-corrected chi connectivity index (χ3v) is 4.73. The van der Waals surface area contributed by atoms with Crippen molar-refractivity contribution in [2.75, 3.05) is 13.7 Å². The van der Waals surface area contributed by atoms with Crippen molar-refractivity contribution in [1.29, 1.82) is 0 Å². The molecule has 9 heteroatoms. The largest absolute Gasteiger partial charge is 0.494 e. The number of nitrogens with zero attached hydrogens (tertiary/aromatic N) is 2. The number of aldehydes is 1. The molecule has 2 aromatic rings. The summed E-state index contributed by atoms with van der Waals surface area (Å²) in [6, 6.07) is 10.3. The predicted octanol–water partition coefficient (Wildman–Crippen LogP) is 2.30. The Kier molecular flexibility index (Phi) is 6.31. The van der Waals surface area contributed by atoms with Gasteiger partial charge in [-0.25, -0.2) is 4.79 Å². The molecular weight excluding hydrogens is 392 g/mol. The minimum Gasteiger partial charge on any atom is -0.494 e. The Labute approximate surface area is 171 Å². The standard InChI is InChI=1S/C21H18N2O7/c1-29-21(27)18(23-19(25)15-4-2-3-5-16(15)20(23)26)10-11-30-14-8-6-13(7-9-14)17(12-24)22-28/h2-9,12,17-18H,10-11H2,1H3. The number of esters is 1. The van der Waals surface area contributed by atoms with Gasteiger partial charge in [-0.3, -0.25) is 14.5 Å². The molecule has 0 N–H and O–H groups in total. The fourth-order valence-electron chi connectivity index (χ4n) is 3.19. The minimum atomic E-state index is -1.14. The maximum atomic E-state index is 12.7. The number of carbonyl (C=O) groups excluding carboxylic acids is 4. The van der Waals surface area contributed by atoms with Gasteiger partial charge in [-0.1, -0.05) is 29.4 Å². The SMILES string of the molecule is COC(=O)C(CCOc1ccc(C(C=O)N=O)cc1)N1C(=O)c2ccccc2C1=O. The normalized spacial score (nSPS) is 14.6. The van der Waals surface area contributed by atoms with E-state index < -0.39 is 29.9 Å². The third-order valence-electron chi connectivity index (χ3n) is 4.73. The number of nitroso groups, excluding NO2 is 1. The van der Waals surface area contributed by atoms with Crippen LogP contribution in [0.1, 0.15) is 38.7 Å². The van der Waals surface area contributed by atoms with Gasteiger partial charge >= 0.3 is 5.97 Å². The molecule has 3 rings (SSSR count). The van der Waals surface area contributed by atoms with Gasteiger partial charge in [0.2, 0.25) is 0 Å². The number of fused-ring (bicyclic) bond motifs is 1. The summed E-state index contributed by atoms with van der Waals surface area (Å²) >= 11 is 0. The molecule has 9 nitrogen and oxygen atoms in total. The van der Waals surface area contributed by atoms with Crippen LogP contribution < -0.4 is 4.74 Å². The quantitative estimate of drug-likeness (QED) is 0.269. The van der Waals surface area contributed by atoms with Crippen molar-refractivity contribution in [1.82, 2.24) is 4.90 Å². The van der Waals surface area contributed by atoms with Crippen molar-refractivity contribution in [3.8, 4) is 5.75 Å². The van der Waals surface area contributed by atoms with E-state index >= 15 is 0 Å². The van der Waals surface area contributed by atoms with Crippen LogP contribution >= 0.6 is 0 Å². The first-order valence-corrected chi connectivity index (χ1v) is 9.07. The number of hydrogen-bond acceptors (Lipinski definition) is 8. The van der Waals surface area contributed by atoms with Gasteiger partial charge in [-0.05, 0) is 29.8 Å². The van der Waals surface area contributed by atoms with Crippen LogP contribution in [-0.2, 0) is 14.3 Å². The van der Waals surface area contributed by atoms with E-state index in [1.54, 1.807) is 24.3 Å². The van der Waals surface area contributed by atoms with Crippen molar-refractivity contribution in [3.05, 3.63) is 70.1 Å². The average molecular weight is 410 g/mol. The second-order valence-corrected chi connectivity index (χ2v) is 6.46. The van der Waals surface area contributed by atoms with Crippen LogP contribution in [0.3, 0.4) is 0 Å². The van der Waals surface area contributed by atoms with Crippen LogP contribution in [0.5, 0.6) is 5.75 Å². The Morgan fingerprint density at radius 1 is 1.07 bits per heavy atom. The molecular formula is C21H18N2O7. The van der Waals surface area contributed by atoms with E-state index in [2.05, 4.69) is 5.18 Å². The lowest BCUT2D eigenvalue weighted by Crippen LogP contribution is -2.46.